The lowest BCUT2D eigenvalue weighted by Gasteiger charge is -2.21. The fourth-order valence-electron chi connectivity index (χ4n) is 2.29. The van der Waals surface area contributed by atoms with Crippen LogP contribution in [0.1, 0.15) is 31.7 Å². The second-order valence-electron chi connectivity index (χ2n) is 4.71. The molecule has 5 heteroatoms. The first-order valence-corrected chi connectivity index (χ1v) is 6.70. The van der Waals surface area contributed by atoms with Gasteiger partial charge in [0.25, 0.3) is 0 Å². The summed E-state index contributed by atoms with van der Waals surface area (Å²) >= 11 is 0. The Morgan fingerprint density at radius 2 is 2.17 bits per heavy atom. The van der Waals surface area contributed by atoms with Crippen molar-refractivity contribution in [1.82, 2.24) is 9.97 Å². The van der Waals surface area contributed by atoms with Gasteiger partial charge in [-0.15, -0.1) is 0 Å². The first kappa shape index (κ1) is 13.1. The molecule has 0 spiro atoms. The zero-order valence-corrected chi connectivity index (χ0v) is 11.4. The molecule has 0 aromatic carbocycles. The molecule has 2 heterocycles. The predicted octanol–water partition coefficient (Wildman–Crippen LogP) is 1.35. The molecule has 0 aliphatic carbocycles. The van der Waals surface area contributed by atoms with E-state index >= 15 is 0 Å². The van der Waals surface area contributed by atoms with E-state index in [-0.39, 0.29) is 6.10 Å². The summed E-state index contributed by atoms with van der Waals surface area (Å²) in [4.78, 5) is 11.3. The van der Waals surface area contributed by atoms with Crippen molar-refractivity contribution >= 4 is 11.6 Å². The third-order valence-corrected chi connectivity index (χ3v) is 3.29. The summed E-state index contributed by atoms with van der Waals surface area (Å²) < 4.78 is 0. The van der Waals surface area contributed by atoms with Crippen LogP contribution in [0.2, 0.25) is 0 Å². The number of aryl methyl sites for hydroxylation is 1. The molecule has 1 atom stereocenters. The van der Waals surface area contributed by atoms with Gasteiger partial charge in [0.2, 0.25) is 0 Å². The highest BCUT2D eigenvalue weighted by Crippen LogP contribution is 2.26. The molecular weight excluding hydrogens is 228 g/mol. The van der Waals surface area contributed by atoms with Crippen molar-refractivity contribution in [3.63, 3.8) is 0 Å². The van der Waals surface area contributed by atoms with E-state index < -0.39 is 0 Å². The standard InChI is InChI=1S/C13H22N4O/c1-4-11-15-12(14-5-2)9(3)13(16-11)17-7-6-10(18)8-17/h10,18H,4-8H2,1-3H3,(H,14,15,16). The quantitative estimate of drug-likeness (QED) is 0.844. The molecule has 2 rings (SSSR count). The number of hydrogen-bond acceptors (Lipinski definition) is 5. The average Bonchev–Trinajstić information content (AvgIpc) is 2.78. The topological polar surface area (TPSA) is 61.3 Å². The molecule has 1 aliphatic rings. The van der Waals surface area contributed by atoms with Gasteiger partial charge in [-0.25, -0.2) is 9.97 Å². The van der Waals surface area contributed by atoms with Gasteiger partial charge < -0.3 is 15.3 Å². The number of rotatable bonds is 4. The molecule has 1 aromatic heterocycles. The molecular formula is C13H22N4O. The van der Waals surface area contributed by atoms with Crippen LogP contribution in [0.25, 0.3) is 0 Å². The third kappa shape index (κ3) is 2.56. The van der Waals surface area contributed by atoms with E-state index in [9.17, 15) is 5.11 Å². The van der Waals surface area contributed by atoms with Gasteiger partial charge in [-0.3, -0.25) is 0 Å². The maximum absolute atomic E-state index is 9.65. The monoisotopic (exact) mass is 250 g/mol. The molecule has 18 heavy (non-hydrogen) atoms. The van der Waals surface area contributed by atoms with Crippen LogP contribution in [0.3, 0.4) is 0 Å². The smallest absolute Gasteiger partial charge is 0.137 e. The second kappa shape index (κ2) is 5.52. The van der Waals surface area contributed by atoms with E-state index in [1.54, 1.807) is 0 Å². The minimum absolute atomic E-state index is 0.230. The third-order valence-electron chi connectivity index (χ3n) is 3.29. The van der Waals surface area contributed by atoms with Gasteiger partial charge in [-0.1, -0.05) is 6.92 Å². The highest BCUT2D eigenvalue weighted by atomic mass is 16.3. The van der Waals surface area contributed by atoms with Crippen LogP contribution in [-0.4, -0.2) is 40.8 Å². The van der Waals surface area contributed by atoms with E-state index in [4.69, 9.17) is 0 Å². The van der Waals surface area contributed by atoms with E-state index in [1.165, 1.54) is 0 Å². The van der Waals surface area contributed by atoms with Gasteiger partial charge in [0, 0.05) is 31.6 Å². The van der Waals surface area contributed by atoms with Gasteiger partial charge >= 0.3 is 0 Å². The zero-order chi connectivity index (χ0) is 13.1. The zero-order valence-electron chi connectivity index (χ0n) is 11.4. The van der Waals surface area contributed by atoms with Gasteiger partial charge in [-0.05, 0) is 20.3 Å². The van der Waals surface area contributed by atoms with E-state index in [1.807, 2.05) is 6.92 Å². The fraction of sp³-hybridized carbons (Fsp3) is 0.692. The Balaban J connectivity index is 2.35. The molecule has 1 aromatic rings. The summed E-state index contributed by atoms with van der Waals surface area (Å²) in [5.41, 5.74) is 1.07. The first-order valence-electron chi connectivity index (χ1n) is 6.70. The van der Waals surface area contributed by atoms with Crippen molar-refractivity contribution < 1.29 is 5.11 Å². The van der Waals surface area contributed by atoms with Crippen LogP contribution >= 0.6 is 0 Å². The highest BCUT2D eigenvalue weighted by Gasteiger charge is 2.24. The Labute approximate surface area is 108 Å². The molecule has 0 radical (unpaired) electrons. The summed E-state index contributed by atoms with van der Waals surface area (Å²) in [5, 5.41) is 12.9. The number of nitrogens with zero attached hydrogens (tertiary/aromatic N) is 3. The number of nitrogens with one attached hydrogen (secondary N) is 1. The molecule has 0 amide bonds. The summed E-state index contributed by atoms with van der Waals surface area (Å²) in [6.07, 6.45) is 1.41. The van der Waals surface area contributed by atoms with Gasteiger partial charge in [0.05, 0.1) is 6.10 Å². The normalized spacial score (nSPS) is 19.3. The number of aliphatic hydroxyl groups excluding tert-OH is 1. The van der Waals surface area contributed by atoms with Crippen molar-refractivity contribution in [2.75, 3.05) is 29.9 Å². The van der Waals surface area contributed by atoms with Gasteiger partial charge in [0.15, 0.2) is 0 Å². The lowest BCUT2D eigenvalue weighted by molar-refractivity contribution is 0.198. The predicted molar refractivity (Wildman–Crippen MR) is 73.1 cm³/mol. The maximum Gasteiger partial charge on any atom is 0.137 e. The largest absolute Gasteiger partial charge is 0.391 e. The van der Waals surface area contributed by atoms with Crippen molar-refractivity contribution in [3.05, 3.63) is 11.4 Å². The van der Waals surface area contributed by atoms with Gasteiger partial charge in [0.1, 0.15) is 17.5 Å². The molecule has 1 unspecified atom stereocenters. The minimum atomic E-state index is -0.230. The van der Waals surface area contributed by atoms with E-state index in [0.717, 1.165) is 49.0 Å². The molecule has 1 aliphatic heterocycles. The number of anilines is 2. The minimum Gasteiger partial charge on any atom is -0.391 e. The second-order valence-corrected chi connectivity index (χ2v) is 4.71. The number of aliphatic hydroxyl groups is 1. The highest BCUT2D eigenvalue weighted by molar-refractivity contribution is 5.59. The molecule has 1 fully saturated rings. The Kier molecular flexibility index (Phi) is 4.01. The van der Waals surface area contributed by atoms with Crippen molar-refractivity contribution in [1.29, 1.82) is 0 Å². The number of aromatic nitrogens is 2. The summed E-state index contributed by atoms with van der Waals surface area (Å²) in [5.74, 6) is 2.74. The summed E-state index contributed by atoms with van der Waals surface area (Å²) in [6.45, 7) is 8.55. The van der Waals surface area contributed by atoms with Crippen LogP contribution in [0.15, 0.2) is 0 Å². The number of hydrogen-bond donors (Lipinski definition) is 2. The van der Waals surface area contributed by atoms with Crippen LogP contribution in [-0.2, 0) is 6.42 Å². The van der Waals surface area contributed by atoms with Crippen LogP contribution in [0.5, 0.6) is 0 Å². The number of β-amino-alcohol motifs (C(OH)–C–C–N with tert-alkyl or cyclic N) is 1. The average molecular weight is 250 g/mol. The Bertz CT molecular complexity index is 422. The molecule has 0 saturated carbocycles. The van der Waals surface area contributed by atoms with Gasteiger partial charge in [-0.2, -0.15) is 0 Å². The Morgan fingerprint density at radius 3 is 2.72 bits per heavy atom. The van der Waals surface area contributed by atoms with E-state index in [2.05, 4.69) is 34.0 Å². The molecule has 2 N–H and O–H groups in total. The Hall–Kier alpha value is -1.36. The molecule has 1 saturated heterocycles. The lowest BCUT2D eigenvalue weighted by Crippen LogP contribution is -2.24. The van der Waals surface area contributed by atoms with Crippen molar-refractivity contribution in [2.45, 2.75) is 39.7 Å². The van der Waals surface area contributed by atoms with Crippen LogP contribution in [0.4, 0.5) is 11.6 Å². The van der Waals surface area contributed by atoms with E-state index in [0.29, 0.717) is 6.54 Å². The fourth-order valence-corrected chi connectivity index (χ4v) is 2.29. The maximum atomic E-state index is 9.65. The molecule has 5 nitrogen and oxygen atoms in total. The van der Waals surface area contributed by atoms with Crippen molar-refractivity contribution in [3.8, 4) is 0 Å². The Morgan fingerprint density at radius 1 is 1.39 bits per heavy atom. The lowest BCUT2D eigenvalue weighted by atomic mass is 10.2. The van der Waals surface area contributed by atoms with Crippen LogP contribution in [0, 0.1) is 6.92 Å². The summed E-state index contributed by atoms with van der Waals surface area (Å²) in [7, 11) is 0. The van der Waals surface area contributed by atoms with Crippen LogP contribution < -0.4 is 10.2 Å². The first-order chi connectivity index (χ1) is 8.65. The molecule has 0 bridgehead atoms. The SMILES string of the molecule is CCNc1nc(CC)nc(N2CCC(O)C2)c1C. The summed E-state index contributed by atoms with van der Waals surface area (Å²) in [6, 6.07) is 0. The van der Waals surface area contributed by atoms with Crippen molar-refractivity contribution in [2.24, 2.45) is 0 Å². The molecule has 100 valence electrons.